The number of rotatable bonds is 38. The Labute approximate surface area is 338 Å². The second-order valence-corrected chi connectivity index (χ2v) is 17.1. The number of carboxylic acid groups (broad SMARTS) is 2. The van der Waals surface area contributed by atoms with Crippen LogP contribution in [-0.2, 0) is 39.4 Å². The van der Waals surface area contributed by atoms with E-state index in [1.807, 2.05) is 0 Å². The number of carboxylic acids is 2. The van der Waals surface area contributed by atoms with Crippen LogP contribution in [0.4, 0.5) is 0 Å². The van der Waals surface area contributed by atoms with Gasteiger partial charge in [0.1, 0.15) is 0 Å². The van der Waals surface area contributed by atoms with Gasteiger partial charge in [-0.05, 0) is 64.2 Å². The van der Waals surface area contributed by atoms with Gasteiger partial charge in [-0.1, -0.05) is 141 Å². The second kappa shape index (κ2) is 48.1. The van der Waals surface area contributed by atoms with Crippen molar-refractivity contribution in [3.8, 4) is 0 Å². The van der Waals surface area contributed by atoms with E-state index in [4.69, 9.17) is 13.5 Å². The third kappa shape index (κ3) is 60.2. The molecule has 0 rings (SSSR count). The summed E-state index contributed by atoms with van der Waals surface area (Å²) in [5.74, 6) is -1.33. The van der Waals surface area contributed by atoms with Crippen LogP contribution in [0.15, 0.2) is 24.3 Å². The molecule has 0 saturated carbocycles. The predicted molar refractivity (Wildman–Crippen MR) is 221 cm³/mol. The van der Waals surface area contributed by atoms with E-state index in [-0.39, 0.29) is 6.10 Å². The van der Waals surface area contributed by atoms with E-state index in [2.05, 4.69) is 53.4 Å². The molecule has 0 unspecified atom stereocenters. The monoisotopic (exact) mass is 809 g/mol. The van der Waals surface area contributed by atoms with Crippen molar-refractivity contribution in [2.24, 2.45) is 0 Å². The molecule has 322 valence electrons. The van der Waals surface area contributed by atoms with Crippen molar-refractivity contribution >= 4 is 11.9 Å². The van der Waals surface area contributed by atoms with Gasteiger partial charge in [-0.15, -0.1) is 0 Å². The van der Waals surface area contributed by atoms with E-state index in [0.29, 0.717) is 19.4 Å². The minimum absolute atomic E-state index is 0.274. The molecule has 0 aromatic carbocycles. The first-order valence-electron chi connectivity index (χ1n) is 22.2. The third-order valence-electron chi connectivity index (χ3n) is 8.69. The van der Waals surface area contributed by atoms with E-state index >= 15 is 0 Å². The van der Waals surface area contributed by atoms with Gasteiger partial charge in [-0.3, -0.25) is 9.59 Å². The fraction of sp³-hybridized carbons (Fsp3) is 0.864. The second-order valence-electron chi connectivity index (χ2n) is 14.8. The molecule has 0 spiro atoms. The average Bonchev–Trinajstić information content (AvgIpc) is 3.11. The van der Waals surface area contributed by atoms with Crippen molar-refractivity contribution in [1.82, 2.24) is 0 Å². The summed E-state index contributed by atoms with van der Waals surface area (Å²) in [5, 5.41) is 17.0. The average molecular weight is 809 g/mol. The molecule has 0 aromatic rings. The van der Waals surface area contributed by atoms with Crippen molar-refractivity contribution < 1.29 is 57.0 Å². The fourth-order valence-electron chi connectivity index (χ4n) is 5.55. The number of unbranched alkanes of at least 4 members (excludes halogenated alkanes) is 24. The van der Waals surface area contributed by atoms with Gasteiger partial charge in [0, 0.05) is 12.8 Å². The van der Waals surface area contributed by atoms with Crippen molar-refractivity contribution in [2.45, 2.75) is 240 Å². The van der Waals surface area contributed by atoms with Gasteiger partial charge in [0.2, 0.25) is 0 Å². The molecule has 0 amide bonds. The number of carbonyl (C=O) groups is 2. The standard InChI is InChI=1S/2C18H34O2.C5H12O2.C3H7O.2H2O.Ti/c2*1-2-3-4-5-6-7-8-9-10-11-12-13-14-15-16-17-18(19)20;1-2-3-4-5-7-6;1-3(2)4;;;/h2*9-10H,2-8,11-17H2,1H3,(H,19,20);6H,2-5H2,1H3;3H,1-2H3;2*1H2;/q;;;-1;;;+4/p-3/b2*10-9-;;;;;. The summed E-state index contributed by atoms with van der Waals surface area (Å²) < 4.78 is 27.7. The molecule has 4 N–H and O–H groups in total. The first-order valence-corrected chi connectivity index (χ1v) is 24.9. The maximum absolute atomic E-state index is 10.3. The third-order valence-corrected chi connectivity index (χ3v) is 10.4. The van der Waals surface area contributed by atoms with Gasteiger partial charge in [0.05, 0.1) is 0 Å². The molecule has 9 nitrogen and oxygen atoms in total. The zero-order chi connectivity index (χ0) is 40.8. The van der Waals surface area contributed by atoms with Crippen LogP contribution in [0.5, 0.6) is 0 Å². The quantitative estimate of drug-likeness (QED) is 0.0158. The zero-order valence-corrected chi connectivity index (χ0v) is 37.4. The van der Waals surface area contributed by atoms with Crippen LogP contribution in [0, 0.1) is 0 Å². The van der Waals surface area contributed by atoms with Crippen LogP contribution in [0.1, 0.15) is 234 Å². The number of hydrogen-bond donors (Lipinski definition) is 4. The van der Waals surface area contributed by atoms with Gasteiger partial charge in [0.15, 0.2) is 0 Å². The normalized spacial score (nSPS) is 11.6. The number of allylic oxidation sites excluding steroid dienone is 4. The summed E-state index contributed by atoms with van der Waals surface area (Å²) in [5.41, 5.74) is 0. The van der Waals surface area contributed by atoms with E-state index in [1.165, 1.54) is 141 Å². The van der Waals surface area contributed by atoms with Crippen LogP contribution in [0.3, 0.4) is 0 Å². The van der Waals surface area contributed by atoms with Gasteiger partial charge in [-0.25, -0.2) is 0 Å². The summed E-state index contributed by atoms with van der Waals surface area (Å²) in [7, 11) is 0. The predicted octanol–water partition coefficient (Wildman–Crippen LogP) is 13.6. The van der Waals surface area contributed by atoms with Crippen molar-refractivity contribution in [2.75, 3.05) is 6.61 Å². The summed E-state index contributed by atoms with van der Waals surface area (Å²) in [6, 6.07) is 0. The molecular weight excluding hydrogens is 720 g/mol. The summed E-state index contributed by atoms with van der Waals surface area (Å²) in [6.45, 7) is 10.4. The molecule has 0 aliphatic rings. The first kappa shape index (κ1) is 57.3. The van der Waals surface area contributed by atoms with E-state index < -0.39 is 30.1 Å². The zero-order valence-electron chi connectivity index (χ0n) is 35.8. The Hall–Kier alpha value is -1.07. The Kier molecular flexibility index (Phi) is 51.0. The van der Waals surface area contributed by atoms with Gasteiger partial charge in [0.25, 0.3) is 0 Å². The van der Waals surface area contributed by atoms with Crippen LogP contribution in [0.25, 0.3) is 0 Å². The molecule has 54 heavy (non-hydrogen) atoms. The molecule has 0 aliphatic carbocycles. The molecule has 0 bridgehead atoms. The Morgan fingerprint density at radius 3 is 1.09 bits per heavy atom. The van der Waals surface area contributed by atoms with E-state index in [1.54, 1.807) is 13.8 Å². The molecule has 0 heterocycles. The van der Waals surface area contributed by atoms with Crippen molar-refractivity contribution in [3.05, 3.63) is 24.3 Å². The van der Waals surface area contributed by atoms with E-state index in [9.17, 15) is 17.0 Å². The van der Waals surface area contributed by atoms with Gasteiger partial charge < -0.3 is 10.2 Å². The molecule has 0 aliphatic heterocycles. The van der Waals surface area contributed by atoms with Gasteiger partial charge >= 0.3 is 102 Å². The summed E-state index contributed by atoms with van der Waals surface area (Å²) >= 11 is -4.54. The van der Waals surface area contributed by atoms with Crippen LogP contribution in [-0.4, -0.2) is 42.2 Å². The Morgan fingerprint density at radius 2 is 0.778 bits per heavy atom. The van der Waals surface area contributed by atoms with Crippen LogP contribution in [0.2, 0.25) is 0 Å². The van der Waals surface area contributed by atoms with Crippen molar-refractivity contribution in [3.63, 3.8) is 0 Å². The maximum atomic E-state index is 10.3. The van der Waals surface area contributed by atoms with E-state index in [0.717, 1.165) is 44.9 Å². The Morgan fingerprint density at radius 1 is 0.481 bits per heavy atom. The number of aliphatic carboxylic acids is 2. The first-order chi connectivity index (χ1) is 26.0. The minimum atomic E-state index is -4.54. The SMILES string of the molecule is CCCCCCCC/C=C\CCCCCCCC(=O)O.CCCCCCCC/C=C\CCCCCCCC(=O)O.CCCCCO[O][Ti]([OH])([OH])[O]C(C)C. The topological polar surface area (TPSA) is 143 Å². The van der Waals surface area contributed by atoms with Crippen LogP contribution >= 0.6 is 0 Å². The molecule has 0 fully saturated rings. The fourth-order valence-corrected chi connectivity index (χ4v) is 6.94. The molecule has 0 atom stereocenters. The molecule has 0 radical (unpaired) electrons. The molecule has 0 aromatic heterocycles. The molecule has 0 saturated heterocycles. The van der Waals surface area contributed by atoms with Gasteiger partial charge in [-0.2, -0.15) is 0 Å². The summed E-state index contributed by atoms with van der Waals surface area (Å²) in [4.78, 5) is 25.3. The molecule has 10 heteroatoms. The number of hydrogen-bond acceptors (Lipinski definition) is 7. The summed E-state index contributed by atoms with van der Waals surface area (Å²) in [6.07, 6.45) is 45.2. The van der Waals surface area contributed by atoms with Crippen LogP contribution < -0.4 is 0 Å². The molecular formula is C44H88O9Ti. The Balaban J connectivity index is -0.000000736. The van der Waals surface area contributed by atoms with Crippen molar-refractivity contribution in [1.29, 1.82) is 0 Å². The Bertz CT molecular complexity index is 768.